The largest absolute Gasteiger partial charge is 0.350 e. The molecule has 0 aliphatic carbocycles. The molecule has 178 valence electrons. The Kier molecular flexibility index (Phi) is 8.21. The highest BCUT2D eigenvalue weighted by Crippen LogP contribution is 2.20. The maximum atomic E-state index is 14.4. The number of benzene rings is 3. The lowest BCUT2D eigenvalue weighted by atomic mass is 9.99. The molecule has 0 aliphatic rings. The maximum Gasteiger partial charge on any atom is 0.243 e. The van der Waals surface area contributed by atoms with Crippen molar-refractivity contribution in [1.29, 1.82) is 0 Å². The van der Waals surface area contributed by atoms with Crippen LogP contribution >= 0.6 is 0 Å². The van der Waals surface area contributed by atoms with Crippen LogP contribution in [0, 0.1) is 12.7 Å². The number of hydrogen-bond acceptors (Lipinski definition) is 2. The van der Waals surface area contributed by atoms with E-state index in [1.165, 1.54) is 6.07 Å². The number of halogens is 1. The van der Waals surface area contributed by atoms with Crippen molar-refractivity contribution in [2.45, 2.75) is 58.7 Å². The van der Waals surface area contributed by atoms with Crippen LogP contribution in [0.3, 0.4) is 0 Å². The predicted molar refractivity (Wildman–Crippen MR) is 134 cm³/mol. The van der Waals surface area contributed by atoms with Crippen LogP contribution in [-0.2, 0) is 29.0 Å². The van der Waals surface area contributed by atoms with Crippen molar-refractivity contribution in [3.8, 4) is 0 Å². The summed E-state index contributed by atoms with van der Waals surface area (Å²) in [7, 11) is 0. The Morgan fingerprint density at radius 1 is 0.882 bits per heavy atom. The van der Waals surface area contributed by atoms with Gasteiger partial charge in [-0.2, -0.15) is 0 Å². The molecular formula is C29H33FN2O2. The molecule has 0 aliphatic heterocycles. The van der Waals surface area contributed by atoms with E-state index in [1.54, 1.807) is 23.1 Å². The van der Waals surface area contributed by atoms with Crippen molar-refractivity contribution in [1.82, 2.24) is 10.2 Å². The van der Waals surface area contributed by atoms with Gasteiger partial charge < -0.3 is 10.2 Å². The third-order valence-electron chi connectivity index (χ3n) is 5.67. The van der Waals surface area contributed by atoms with Crippen LogP contribution in [0.25, 0.3) is 0 Å². The van der Waals surface area contributed by atoms with E-state index in [1.807, 2.05) is 82.3 Å². The van der Waals surface area contributed by atoms with Gasteiger partial charge >= 0.3 is 0 Å². The van der Waals surface area contributed by atoms with Gasteiger partial charge in [0.05, 0.1) is 6.42 Å². The highest BCUT2D eigenvalue weighted by molar-refractivity contribution is 5.89. The molecule has 2 amide bonds. The summed E-state index contributed by atoms with van der Waals surface area (Å²) in [5.74, 6) is -0.949. The number of nitrogens with one attached hydrogen (secondary N) is 1. The van der Waals surface area contributed by atoms with Crippen LogP contribution in [0.5, 0.6) is 0 Å². The number of hydrogen-bond donors (Lipinski definition) is 1. The van der Waals surface area contributed by atoms with Crippen molar-refractivity contribution < 1.29 is 14.0 Å². The van der Waals surface area contributed by atoms with Gasteiger partial charge in [-0.25, -0.2) is 4.39 Å². The van der Waals surface area contributed by atoms with E-state index in [2.05, 4.69) is 5.32 Å². The number of nitrogens with zero attached hydrogens (tertiary/aromatic N) is 1. The van der Waals surface area contributed by atoms with Crippen molar-refractivity contribution in [3.63, 3.8) is 0 Å². The summed E-state index contributed by atoms with van der Waals surface area (Å²) in [6, 6.07) is 23.0. The summed E-state index contributed by atoms with van der Waals surface area (Å²) in [6.45, 7) is 7.98. The average Bonchev–Trinajstić information content (AvgIpc) is 2.78. The molecule has 3 rings (SSSR count). The van der Waals surface area contributed by atoms with Crippen molar-refractivity contribution in [2.75, 3.05) is 0 Å². The van der Waals surface area contributed by atoms with Crippen molar-refractivity contribution in [2.24, 2.45) is 0 Å². The fourth-order valence-corrected chi connectivity index (χ4v) is 3.88. The van der Waals surface area contributed by atoms with Gasteiger partial charge in [0.2, 0.25) is 11.8 Å². The van der Waals surface area contributed by atoms with Crippen molar-refractivity contribution >= 4 is 11.8 Å². The second-order valence-corrected chi connectivity index (χ2v) is 9.66. The number of aryl methyl sites for hydroxylation is 1. The summed E-state index contributed by atoms with van der Waals surface area (Å²) < 4.78 is 14.4. The summed E-state index contributed by atoms with van der Waals surface area (Å²) in [5, 5.41) is 3.04. The van der Waals surface area contributed by atoms with Crippen LogP contribution in [0.4, 0.5) is 4.39 Å². The highest BCUT2D eigenvalue weighted by Gasteiger charge is 2.32. The summed E-state index contributed by atoms with van der Waals surface area (Å²) in [4.78, 5) is 28.8. The number of amides is 2. The van der Waals surface area contributed by atoms with E-state index in [9.17, 15) is 14.0 Å². The maximum absolute atomic E-state index is 14.4. The molecule has 3 aromatic carbocycles. The molecule has 0 radical (unpaired) electrons. The Balaban J connectivity index is 2.01. The third-order valence-corrected chi connectivity index (χ3v) is 5.67. The number of carbonyl (C=O) groups excluding carboxylic acids is 2. The van der Waals surface area contributed by atoms with Gasteiger partial charge in [0.1, 0.15) is 11.9 Å². The molecule has 34 heavy (non-hydrogen) atoms. The molecule has 0 saturated carbocycles. The van der Waals surface area contributed by atoms with Crippen LogP contribution in [-0.4, -0.2) is 28.3 Å². The molecule has 0 heterocycles. The zero-order valence-electron chi connectivity index (χ0n) is 20.3. The lowest BCUT2D eigenvalue weighted by molar-refractivity contribution is -0.141. The molecule has 0 bridgehead atoms. The quantitative estimate of drug-likeness (QED) is 0.500. The van der Waals surface area contributed by atoms with E-state index >= 15 is 0 Å². The Labute approximate surface area is 201 Å². The van der Waals surface area contributed by atoms with Crippen molar-refractivity contribution in [3.05, 3.63) is 107 Å². The molecule has 3 aromatic rings. The Bertz CT molecular complexity index is 1120. The molecule has 0 saturated heterocycles. The second-order valence-electron chi connectivity index (χ2n) is 9.66. The zero-order valence-corrected chi connectivity index (χ0v) is 20.3. The first-order chi connectivity index (χ1) is 16.1. The highest BCUT2D eigenvalue weighted by atomic mass is 19.1. The fourth-order valence-electron chi connectivity index (χ4n) is 3.88. The first-order valence-electron chi connectivity index (χ1n) is 11.6. The number of carbonyl (C=O) groups is 2. The van der Waals surface area contributed by atoms with Gasteiger partial charge in [0.25, 0.3) is 0 Å². The van der Waals surface area contributed by atoms with E-state index in [0.29, 0.717) is 12.0 Å². The smallest absolute Gasteiger partial charge is 0.243 e. The average molecular weight is 461 g/mol. The molecule has 0 aromatic heterocycles. The standard InChI is InChI=1S/C29H33FN2O2/c1-21-12-8-9-16-24(21)20-32(27(33)19-23-15-10-11-17-25(23)30)26(28(34)31-29(2,3)4)18-22-13-6-5-7-14-22/h5-17,26H,18-20H2,1-4H3,(H,31,34). The molecule has 1 N–H and O–H groups in total. The molecule has 0 spiro atoms. The van der Waals surface area contributed by atoms with Gasteiger partial charge in [-0.05, 0) is 56.0 Å². The van der Waals surface area contributed by atoms with E-state index in [0.717, 1.165) is 16.7 Å². The first kappa shape index (κ1) is 25.2. The minimum Gasteiger partial charge on any atom is -0.350 e. The van der Waals surface area contributed by atoms with Crippen LogP contribution in [0.2, 0.25) is 0 Å². The molecule has 1 atom stereocenters. The molecule has 4 nitrogen and oxygen atoms in total. The zero-order chi connectivity index (χ0) is 24.7. The minimum absolute atomic E-state index is 0.118. The van der Waals surface area contributed by atoms with Gasteiger partial charge in [0.15, 0.2) is 0 Å². The van der Waals surface area contributed by atoms with Gasteiger partial charge in [-0.15, -0.1) is 0 Å². The number of rotatable bonds is 8. The summed E-state index contributed by atoms with van der Waals surface area (Å²) in [5.41, 5.74) is 2.78. The first-order valence-corrected chi connectivity index (χ1v) is 11.6. The van der Waals surface area contributed by atoms with Gasteiger partial charge in [-0.1, -0.05) is 72.8 Å². The van der Waals surface area contributed by atoms with E-state index in [-0.39, 0.29) is 24.8 Å². The van der Waals surface area contributed by atoms with Crippen LogP contribution in [0.15, 0.2) is 78.9 Å². The minimum atomic E-state index is -0.750. The second kappa shape index (κ2) is 11.1. The lowest BCUT2D eigenvalue weighted by Gasteiger charge is -2.34. The van der Waals surface area contributed by atoms with Gasteiger partial charge in [-0.3, -0.25) is 9.59 Å². The predicted octanol–water partition coefficient (Wildman–Crippen LogP) is 5.23. The Morgan fingerprint density at radius 3 is 2.09 bits per heavy atom. The van der Waals surface area contributed by atoms with E-state index in [4.69, 9.17) is 0 Å². The molecular weight excluding hydrogens is 427 g/mol. The monoisotopic (exact) mass is 460 g/mol. The Hall–Kier alpha value is -3.47. The van der Waals surface area contributed by atoms with Gasteiger partial charge in [0, 0.05) is 18.5 Å². The van der Waals surface area contributed by atoms with Crippen LogP contribution in [0.1, 0.15) is 43.0 Å². The molecule has 5 heteroatoms. The van der Waals surface area contributed by atoms with Crippen LogP contribution < -0.4 is 5.32 Å². The normalized spacial score (nSPS) is 12.1. The topological polar surface area (TPSA) is 49.4 Å². The van der Waals surface area contributed by atoms with E-state index < -0.39 is 17.4 Å². The Morgan fingerprint density at radius 2 is 1.47 bits per heavy atom. The lowest BCUT2D eigenvalue weighted by Crippen LogP contribution is -2.54. The molecule has 1 unspecified atom stereocenters. The molecule has 0 fully saturated rings. The summed E-state index contributed by atoms with van der Waals surface area (Å²) >= 11 is 0. The fraction of sp³-hybridized carbons (Fsp3) is 0.310. The SMILES string of the molecule is Cc1ccccc1CN(C(=O)Cc1ccccc1F)C(Cc1ccccc1)C(=O)NC(C)(C)C. The third kappa shape index (κ3) is 7.01. The summed E-state index contributed by atoms with van der Waals surface area (Å²) in [6.07, 6.45) is 0.240.